The molecule has 1 amide bonds. The number of para-hydroxylation sites is 2. The van der Waals surface area contributed by atoms with Gasteiger partial charge in [0, 0.05) is 11.6 Å². The van der Waals surface area contributed by atoms with Crippen LogP contribution >= 0.6 is 11.8 Å². The van der Waals surface area contributed by atoms with E-state index >= 15 is 0 Å². The fourth-order valence-electron chi connectivity index (χ4n) is 3.21. The number of nitrogens with one attached hydrogen (secondary N) is 1. The van der Waals surface area contributed by atoms with Gasteiger partial charge in [-0.1, -0.05) is 23.9 Å². The van der Waals surface area contributed by atoms with Gasteiger partial charge in [-0.25, -0.2) is 4.98 Å². The van der Waals surface area contributed by atoms with E-state index in [2.05, 4.69) is 25.6 Å². The molecule has 0 aliphatic heterocycles. The predicted octanol–water partition coefficient (Wildman–Crippen LogP) is 3.23. The Morgan fingerprint density at radius 3 is 2.76 bits per heavy atom. The van der Waals surface area contributed by atoms with Gasteiger partial charge in [0.15, 0.2) is 17.1 Å². The molecule has 0 bridgehead atoms. The Morgan fingerprint density at radius 2 is 1.94 bits per heavy atom. The summed E-state index contributed by atoms with van der Waals surface area (Å²) < 4.78 is 18.1. The summed E-state index contributed by atoms with van der Waals surface area (Å²) in [7, 11) is 1.62. The number of carbonyl (C=O) groups excluding carboxylic acids is 1. The number of benzene rings is 2. The number of hydrogen-bond acceptors (Lipinski definition) is 9. The van der Waals surface area contributed by atoms with E-state index in [1.807, 2.05) is 48.5 Å². The maximum absolute atomic E-state index is 12.1. The SMILES string of the molecule is COc1ccc(-c2nnc3ccc(OCCNC(=O)CSc4nc5ccccc5o4)nn23)cc1. The normalized spacial score (nSPS) is 11.1. The topological polar surface area (TPSA) is 117 Å². The number of nitrogens with zero attached hydrogens (tertiary/aromatic N) is 5. The standard InChI is InChI=1S/C23H20N6O4S/c1-31-16-8-6-15(7-9-16)22-27-26-19-10-11-21(28-29(19)22)32-13-12-24-20(30)14-34-23-25-17-4-2-3-5-18(17)33-23/h2-11H,12-14H2,1H3,(H,24,30). The van der Waals surface area contributed by atoms with Crippen molar-refractivity contribution >= 4 is 34.4 Å². The molecule has 2 aromatic carbocycles. The highest BCUT2D eigenvalue weighted by atomic mass is 32.2. The summed E-state index contributed by atoms with van der Waals surface area (Å²) in [5, 5.41) is 16.1. The Labute approximate surface area is 198 Å². The van der Waals surface area contributed by atoms with Crippen LogP contribution in [0.1, 0.15) is 0 Å². The van der Waals surface area contributed by atoms with Crippen molar-refractivity contribution < 1.29 is 18.7 Å². The fraction of sp³-hybridized carbons (Fsp3) is 0.174. The second-order valence-electron chi connectivity index (χ2n) is 7.13. The number of rotatable bonds is 9. The lowest BCUT2D eigenvalue weighted by Gasteiger charge is -2.07. The molecular weight excluding hydrogens is 456 g/mol. The quantitative estimate of drug-likeness (QED) is 0.253. The Balaban J connectivity index is 1.13. The van der Waals surface area contributed by atoms with Gasteiger partial charge in [-0.15, -0.1) is 15.3 Å². The van der Waals surface area contributed by atoms with Gasteiger partial charge in [-0.05, 0) is 42.5 Å². The van der Waals surface area contributed by atoms with Gasteiger partial charge in [0.05, 0.1) is 19.4 Å². The summed E-state index contributed by atoms with van der Waals surface area (Å²) in [5.74, 6) is 1.80. The van der Waals surface area contributed by atoms with Gasteiger partial charge in [-0.2, -0.15) is 4.52 Å². The summed E-state index contributed by atoms with van der Waals surface area (Å²) >= 11 is 1.24. The molecule has 0 aliphatic rings. The van der Waals surface area contributed by atoms with E-state index in [4.69, 9.17) is 13.9 Å². The summed E-state index contributed by atoms with van der Waals surface area (Å²) in [4.78, 5) is 16.5. The third kappa shape index (κ3) is 4.79. The third-order valence-corrected chi connectivity index (χ3v) is 5.69. The Kier molecular flexibility index (Phi) is 6.25. The third-order valence-electron chi connectivity index (χ3n) is 4.86. The predicted molar refractivity (Wildman–Crippen MR) is 126 cm³/mol. The van der Waals surface area contributed by atoms with E-state index in [1.165, 1.54) is 11.8 Å². The number of hydrogen-bond donors (Lipinski definition) is 1. The van der Waals surface area contributed by atoms with Crippen molar-refractivity contribution in [1.29, 1.82) is 0 Å². The minimum atomic E-state index is -0.139. The average molecular weight is 477 g/mol. The van der Waals surface area contributed by atoms with Crippen LogP contribution in [0.4, 0.5) is 0 Å². The first-order valence-corrected chi connectivity index (χ1v) is 11.4. The van der Waals surface area contributed by atoms with E-state index in [0.717, 1.165) is 16.8 Å². The van der Waals surface area contributed by atoms with Crippen LogP contribution in [0.3, 0.4) is 0 Å². The molecule has 0 radical (unpaired) electrons. The lowest BCUT2D eigenvalue weighted by molar-refractivity contribution is -0.118. The number of methoxy groups -OCH3 is 1. The molecule has 3 aromatic heterocycles. The monoisotopic (exact) mass is 476 g/mol. The summed E-state index contributed by atoms with van der Waals surface area (Å²) in [6, 6.07) is 18.4. The Hall–Kier alpha value is -4.12. The highest BCUT2D eigenvalue weighted by Gasteiger charge is 2.12. The second-order valence-corrected chi connectivity index (χ2v) is 8.05. The minimum Gasteiger partial charge on any atom is -0.497 e. The second kappa shape index (κ2) is 9.79. The van der Waals surface area contributed by atoms with Crippen molar-refractivity contribution in [2.75, 3.05) is 26.0 Å². The van der Waals surface area contributed by atoms with Crippen LogP contribution in [-0.4, -0.2) is 56.7 Å². The van der Waals surface area contributed by atoms with Crippen molar-refractivity contribution in [3.8, 4) is 23.0 Å². The number of fused-ring (bicyclic) bond motifs is 2. The summed E-state index contributed by atoms with van der Waals surface area (Å²) in [6.07, 6.45) is 0. The van der Waals surface area contributed by atoms with Crippen LogP contribution in [0.15, 0.2) is 70.3 Å². The molecule has 0 saturated carbocycles. The lowest BCUT2D eigenvalue weighted by atomic mass is 10.2. The Morgan fingerprint density at radius 1 is 1.09 bits per heavy atom. The van der Waals surface area contributed by atoms with Gasteiger partial charge in [0.25, 0.3) is 5.22 Å². The van der Waals surface area contributed by atoms with Crippen LogP contribution in [-0.2, 0) is 4.79 Å². The maximum atomic E-state index is 12.1. The molecule has 172 valence electrons. The molecule has 5 aromatic rings. The zero-order valence-corrected chi connectivity index (χ0v) is 19.0. The van der Waals surface area contributed by atoms with Gasteiger partial charge in [0.1, 0.15) is 17.9 Å². The molecule has 0 fully saturated rings. The zero-order valence-electron chi connectivity index (χ0n) is 18.2. The highest BCUT2D eigenvalue weighted by Crippen LogP contribution is 2.23. The fourth-order valence-corrected chi connectivity index (χ4v) is 3.87. The van der Waals surface area contributed by atoms with Crippen LogP contribution in [0, 0.1) is 0 Å². The molecule has 3 heterocycles. The average Bonchev–Trinajstić information content (AvgIpc) is 3.49. The van der Waals surface area contributed by atoms with E-state index in [-0.39, 0.29) is 18.3 Å². The number of amides is 1. The summed E-state index contributed by atoms with van der Waals surface area (Å²) in [6.45, 7) is 0.595. The van der Waals surface area contributed by atoms with Crippen LogP contribution in [0.5, 0.6) is 11.6 Å². The molecule has 0 atom stereocenters. The van der Waals surface area contributed by atoms with E-state index in [1.54, 1.807) is 23.8 Å². The summed E-state index contributed by atoms with van der Waals surface area (Å²) in [5.41, 5.74) is 2.92. The maximum Gasteiger partial charge on any atom is 0.257 e. The van der Waals surface area contributed by atoms with Crippen LogP contribution < -0.4 is 14.8 Å². The zero-order chi connectivity index (χ0) is 23.3. The van der Waals surface area contributed by atoms with E-state index in [0.29, 0.717) is 34.7 Å². The first kappa shape index (κ1) is 21.7. The first-order valence-electron chi connectivity index (χ1n) is 10.4. The smallest absolute Gasteiger partial charge is 0.257 e. The van der Waals surface area contributed by atoms with E-state index < -0.39 is 0 Å². The molecule has 5 rings (SSSR count). The number of ether oxygens (including phenoxy) is 2. The number of aromatic nitrogens is 5. The number of carbonyl (C=O) groups is 1. The Bertz CT molecular complexity index is 1400. The molecule has 0 spiro atoms. The van der Waals surface area contributed by atoms with Gasteiger partial charge in [-0.3, -0.25) is 4.79 Å². The molecule has 11 heteroatoms. The van der Waals surface area contributed by atoms with Crippen molar-refractivity contribution in [2.24, 2.45) is 0 Å². The molecule has 0 saturated heterocycles. The molecule has 0 aliphatic carbocycles. The minimum absolute atomic E-state index is 0.139. The van der Waals surface area contributed by atoms with Gasteiger partial charge < -0.3 is 19.2 Å². The van der Waals surface area contributed by atoms with Crippen molar-refractivity contribution in [1.82, 2.24) is 30.1 Å². The largest absolute Gasteiger partial charge is 0.497 e. The van der Waals surface area contributed by atoms with Crippen LogP contribution in [0.2, 0.25) is 0 Å². The molecular formula is C23H20N6O4S. The van der Waals surface area contributed by atoms with Crippen molar-refractivity contribution in [2.45, 2.75) is 5.22 Å². The van der Waals surface area contributed by atoms with Crippen molar-refractivity contribution in [3.63, 3.8) is 0 Å². The molecule has 34 heavy (non-hydrogen) atoms. The number of oxazole rings is 1. The highest BCUT2D eigenvalue weighted by molar-refractivity contribution is 7.99. The van der Waals surface area contributed by atoms with Gasteiger partial charge >= 0.3 is 0 Å². The first-order chi connectivity index (χ1) is 16.7. The molecule has 0 unspecified atom stereocenters. The van der Waals surface area contributed by atoms with Gasteiger partial charge in [0.2, 0.25) is 11.8 Å². The lowest BCUT2D eigenvalue weighted by Crippen LogP contribution is -2.29. The van der Waals surface area contributed by atoms with Crippen molar-refractivity contribution in [3.05, 3.63) is 60.7 Å². The number of thioether (sulfide) groups is 1. The van der Waals surface area contributed by atoms with E-state index in [9.17, 15) is 4.79 Å². The molecule has 10 nitrogen and oxygen atoms in total. The molecule has 1 N–H and O–H groups in total. The van der Waals surface area contributed by atoms with Crippen LogP contribution in [0.25, 0.3) is 28.1 Å².